The molecule has 0 amide bonds. The van der Waals surface area contributed by atoms with E-state index >= 15 is 0 Å². The predicted octanol–water partition coefficient (Wildman–Crippen LogP) is 8.95. The molecule has 0 saturated carbocycles. The summed E-state index contributed by atoms with van der Waals surface area (Å²) in [6.45, 7) is 0. The van der Waals surface area contributed by atoms with Gasteiger partial charge < -0.3 is 8.83 Å². The standard InChI is InChI=1S/C35H20N4O2/c1-5-12-29-23(8-1)25-20-26-24-9-2-6-13-30(24)41-33(26)31(32(25)40-29)21-14-16-22(17-15-21)39-28-11-4-3-10-27(28)38-35(39)34-36-18-7-19-37-34/h1-20H. The van der Waals surface area contributed by atoms with Gasteiger partial charge in [0.15, 0.2) is 11.6 Å². The number of hydrogen-bond acceptors (Lipinski definition) is 5. The van der Waals surface area contributed by atoms with Gasteiger partial charge in [-0.15, -0.1) is 0 Å². The van der Waals surface area contributed by atoms with Crippen LogP contribution in [0.4, 0.5) is 0 Å². The molecule has 0 aliphatic heterocycles. The smallest absolute Gasteiger partial charge is 0.196 e. The zero-order valence-electron chi connectivity index (χ0n) is 21.7. The molecule has 4 aromatic heterocycles. The Bertz CT molecular complexity index is 2330. The van der Waals surface area contributed by atoms with Gasteiger partial charge in [-0.05, 0) is 54.1 Å². The van der Waals surface area contributed by atoms with Crippen LogP contribution in [0.5, 0.6) is 0 Å². The zero-order valence-corrected chi connectivity index (χ0v) is 21.7. The van der Waals surface area contributed by atoms with E-state index in [1.165, 1.54) is 0 Å². The fourth-order valence-corrected chi connectivity index (χ4v) is 5.93. The average Bonchev–Trinajstić information content (AvgIpc) is 3.72. The molecule has 0 aliphatic rings. The third-order valence-electron chi connectivity index (χ3n) is 7.75. The summed E-state index contributed by atoms with van der Waals surface area (Å²) in [7, 11) is 0. The SMILES string of the molecule is c1cnc(-c2nc3ccccc3n2-c2ccc(-c3c4oc5ccccc5c4cc4c3oc3ccccc34)cc2)nc1. The van der Waals surface area contributed by atoms with Gasteiger partial charge >= 0.3 is 0 Å². The van der Waals surface area contributed by atoms with Crippen molar-refractivity contribution in [1.82, 2.24) is 19.5 Å². The van der Waals surface area contributed by atoms with Crippen LogP contribution < -0.4 is 0 Å². The van der Waals surface area contributed by atoms with Gasteiger partial charge in [-0.25, -0.2) is 15.0 Å². The van der Waals surface area contributed by atoms with Gasteiger partial charge in [0.05, 0.1) is 16.6 Å². The van der Waals surface area contributed by atoms with Crippen LogP contribution in [0.25, 0.3) is 83.4 Å². The zero-order chi connectivity index (χ0) is 26.9. The first-order chi connectivity index (χ1) is 20.3. The van der Waals surface area contributed by atoms with Gasteiger partial charge in [0.25, 0.3) is 0 Å². The molecule has 5 aromatic carbocycles. The summed E-state index contributed by atoms with van der Waals surface area (Å²) in [4.78, 5) is 13.9. The molecular formula is C35H20N4O2. The summed E-state index contributed by atoms with van der Waals surface area (Å²) in [6, 6.07) is 36.9. The molecule has 0 radical (unpaired) electrons. The predicted molar refractivity (Wildman–Crippen MR) is 162 cm³/mol. The van der Waals surface area contributed by atoms with Crippen LogP contribution in [-0.2, 0) is 0 Å². The van der Waals surface area contributed by atoms with E-state index in [0.717, 1.165) is 71.7 Å². The molecule has 6 nitrogen and oxygen atoms in total. The number of para-hydroxylation sites is 4. The highest BCUT2D eigenvalue weighted by Crippen LogP contribution is 2.44. The summed E-state index contributed by atoms with van der Waals surface area (Å²) < 4.78 is 15.1. The molecule has 9 aromatic rings. The molecule has 41 heavy (non-hydrogen) atoms. The van der Waals surface area contributed by atoms with Crippen LogP contribution >= 0.6 is 0 Å². The quantitative estimate of drug-likeness (QED) is 0.229. The topological polar surface area (TPSA) is 69.9 Å². The van der Waals surface area contributed by atoms with Gasteiger partial charge in [0.1, 0.15) is 22.3 Å². The van der Waals surface area contributed by atoms with E-state index in [9.17, 15) is 0 Å². The van der Waals surface area contributed by atoms with Crippen molar-refractivity contribution in [3.05, 3.63) is 122 Å². The molecule has 192 valence electrons. The molecule has 6 heteroatoms. The minimum Gasteiger partial charge on any atom is -0.455 e. The maximum atomic E-state index is 6.49. The van der Waals surface area contributed by atoms with Crippen LogP contribution in [0.1, 0.15) is 0 Å². The number of aromatic nitrogens is 4. The molecule has 0 aliphatic carbocycles. The fourth-order valence-electron chi connectivity index (χ4n) is 5.93. The van der Waals surface area contributed by atoms with E-state index < -0.39 is 0 Å². The number of furan rings is 2. The first-order valence-electron chi connectivity index (χ1n) is 13.4. The molecule has 0 spiro atoms. The van der Waals surface area contributed by atoms with E-state index in [2.05, 4.69) is 63.1 Å². The van der Waals surface area contributed by atoms with Gasteiger partial charge in [-0.3, -0.25) is 4.57 Å². The van der Waals surface area contributed by atoms with Crippen molar-refractivity contribution in [2.75, 3.05) is 0 Å². The molecule has 4 heterocycles. The highest BCUT2D eigenvalue weighted by molar-refractivity contribution is 6.21. The summed E-state index contributed by atoms with van der Waals surface area (Å²) in [5.41, 5.74) is 8.13. The number of fused-ring (bicyclic) bond motifs is 7. The second-order valence-electron chi connectivity index (χ2n) is 10.1. The summed E-state index contributed by atoms with van der Waals surface area (Å²) in [5, 5.41) is 4.32. The highest BCUT2D eigenvalue weighted by Gasteiger charge is 2.22. The van der Waals surface area contributed by atoms with Crippen molar-refractivity contribution in [3.8, 4) is 28.5 Å². The third kappa shape index (κ3) is 3.22. The minimum atomic E-state index is 0.573. The van der Waals surface area contributed by atoms with Gasteiger partial charge in [-0.1, -0.05) is 60.7 Å². The van der Waals surface area contributed by atoms with Crippen LogP contribution in [0.15, 0.2) is 130 Å². The lowest BCUT2D eigenvalue weighted by Crippen LogP contribution is -2.00. The number of hydrogen-bond donors (Lipinski definition) is 0. The van der Waals surface area contributed by atoms with Crippen molar-refractivity contribution < 1.29 is 8.83 Å². The molecule has 9 rings (SSSR count). The fraction of sp³-hybridized carbons (Fsp3) is 0. The first-order valence-corrected chi connectivity index (χ1v) is 13.4. The Hall–Kier alpha value is -5.75. The molecule has 0 bridgehead atoms. The van der Waals surface area contributed by atoms with E-state index in [1.54, 1.807) is 12.4 Å². The first kappa shape index (κ1) is 22.1. The second kappa shape index (κ2) is 8.37. The number of nitrogens with zero attached hydrogens (tertiary/aromatic N) is 4. The number of rotatable bonds is 3. The normalized spacial score (nSPS) is 11.9. The Morgan fingerprint density at radius 1 is 0.561 bits per heavy atom. The van der Waals surface area contributed by atoms with Crippen molar-refractivity contribution in [2.45, 2.75) is 0 Å². The average molecular weight is 529 g/mol. The van der Waals surface area contributed by atoms with Gasteiger partial charge in [0, 0.05) is 39.6 Å². The minimum absolute atomic E-state index is 0.573. The number of benzene rings is 5. The van der Waals surface area contributed by atoms with E-state index in [4.69, 9.17) is 13.8 Å². The van der Waals surface area contributed by atoms with Crippen LogP contribution in [0.2, 0.25) is 0 Å². The van der Waals surface area contributed by atoms with Crippen LogP contribution in [0.3, 0.4) is 0 Å². The van der Waals surface area contributed by atoms with Crippen molar-refractivity contribution in [1.29, 1.82) is 0 Å². The Labute approximate surface area is 233 Å². The largest absolute Gasteiger partial charge is 0.455 e. The number of imidazole rings is 1. The maximum Gasteiger partial charge on any atom is 0.196 e. The Balaban J connectivity index is 1.30. The summed E-state index contributed by atoms with van der Waals surface area (Å²) in [5.74, 6) is 1.27. The highest BCUT2D eigenvalue weighted by atomic mass is 16.3. The van der Waals surface area contributed by atoms with Crippen molar-refractivity contribution >= 4 is 54.9 Å². The summed E-state index contributed by atoms with van der Waals surface area (Å²) in [6.07, 6.45) is 3.48. The van der Waals surface area contributed by atoms with Crippen LogP contribution in [-0.4, -0.2) is 19.5 Å². The van der Waals surface area contributed by atoms with E-state index in [0.29, 0.717) is 11.6 Å². The van der Waals surface area contributed by atoms with Crippen molar-refractivity contribution in [2.24, 2.45) is 0 Å². The van der Waals surface area contributed by atoms with E-state index in [-0.39, 0.29) is 0 Å². The molecule has 0 unspecified atom stereocenters. The van der Waals surface area contributed by atoms with Crippen LogP contribution in [0, 0.1) is 0 Å². The maximum absolute atomic E-state index is 6.49. The van der Waals surface area contributed by atoms with Gasteiger partial charge in [-0.2, -0.15) is 0 Å². The lowest BCUT2D eigenvalue weighted by Gasteiger charge is -2.10. The monoisotopic (exact) mass is 528 g/mol. The third-order valence-corrected chi connectivity index (χ3v) is 7.75. The summed E-state index contributed by atoms with van der Waals surface area (Å²) >= 11 is 0. The lowest BCUT2D eigenvalue weighted by molar-refractivity contribution is 0.658. The molecule has 0 fully saturated rings. The molecule has 0 N–H and O–H groups in total. The Morgan fingerprint density at radius 3 is 1.85 bits per heavy atom. The lowest BCUT2D eigenvalue weighted by atomic mass is 9.98. The molecular weight excluding hydrogens is 508 g/mol. The van der Waals surface area contributed by atoms with E-state index in [1.807, 2.05) is 60.7 Å². The molecule has 0 saturated heterocycles. The Kier molecular flexibility index (Phi) is 4.51. The van der Waals surface area contributed by atoms with Crippen molar-refractivity contribution in [3.63, 3.8) is 0 Å². The second-order valence-corrected chi connectivity index (χ2v) is 10.1. The molecule has 0 atom stereocenters. The Morgan fingerprint density at radius 2 is 1.17 bits per heavy atom. The van der Waals surface area contributed by atoms with Gasteiger partial charge in [0.2, 0.25) is 0 Å².